The molecule has 0 saturated carbocycles. The van der Waals surface area contributed by atoms with Crippen LogP contribution in [0, 0.1) is 5.82 Å². The van der Waals surface area contributed by atoms with E-state index in [0.717, 1.165) is 37.1 Å². The van der Waals surface area contributed by atoms with E-state index < -0.39 is 0 Å². The molecule has 3 heterocycles. The second-order valence-corrected chi connectivity index (χ2v) is 7.64. The summed E-state index contributed by atoms with van der Waals surface area (Å²) in [6.45, 7) is 7.06. The topological polar surface area (TPSA) is 55.5 Å². The average Bonchev–Trinajstić information content (AvgIpc) is 3.34. The van der Waals surface area contributed by atoms with Crippen LogP contribution in [0.25, 0.3) is 11.1 Å². The number of amides is 2. The Morgan fingerprint density at radius 2 is 1.85 bits per heavy atom. The van der Waals surface area contributed by atoms with Gasteiger partial charge in [0.1, 0.15) is 5.82 Å². The quantitative estimate of drug-likeness (QED) is 0.881. The molecule has 2 atom stereocenters. The van der Waals surface area contributed by atoms with Gasteiger partial charge in [0.2, 0.25) is 0 Å². The van der Waals surface area contributed by atoms with E-state index in [2.05, 4.69) is 15.1 Å². The summed E-state index contributed by atoms with van der Waals surface area (Å²) in [7, 11) is 0. The Balaban J connectivity index is 1.50. The van der Waals surface area contributed by atoms with Crippen molar-refractivity contribution in [1.82, 2.24) is 20.0 Å². The van der Waals surface area contributed by atoms with Gasteiger partial charge in [-0.1, -0.05) is 6.07 Å². The van der Waals surface area contributed by atoms with Gasteiger partial charge in [0.05, 0.1) is 11.9 Å². The molecule has 4 rings (SSSR count). The zero-order chi connectivity index (χ0) is 19.0. The molecular formula is C20H26FN5O. The Kier molecular flexibility index (Phi) is 4.76. The van der Waals surface area contributed by atoms with Gasteiger partial charge in [-0.2, -0.15) is 5.10 Å². The smallest absolute Gasteiger partial charge is 0.320 e. The lowest BCUT2D eigenvalue weighted by Gasteiger charge is -2.46. The minimum absolute atomic E-state index is 0.0369. The normalized spacial score (nSPS) is 23.1. The van der Waals surface area contributed by atoms with Crippen molar-refractivity contribution in [3.05, 3.63) is 36.4 Å². The van der Waals surface area contributed by atoms with E-state index >= 15 is 0 Å². The summed E-state index contributed by atoms with van der Waals surface area (Å²) in [5, 5.41) is 6.67. The van der Waals surface area contributed by atoms with Crippen molar-refractivity contribution in [3.63, 3.8) is 0 Å². The van der Waals surface area contributed by atoms with Gasteiger partial charge in [-0.05, 0) is 44.4 Å². The number of aromatic nitrogens is 2. The molecule has 1 aromatic carbocycles. The van der Waals surface area contributed by atoms with Crippen LogP contribution >= 0.6 is 0 Å². The number of halogens is 1. The molecular weight excluding hydrogens is 345 g/mol. The first-order valence-corrected chi connectivity index (χ1v) is 9.65. The molecule has 0 bridgehead atoms. The molecule has 0 radical (unpaired) electrons. The number of rotatable bonds is 2. The van der Waals surface area contributed by atoms with E-state index in [4.69, 9.17) is 0 Å². The molecule has 144 valence electrons. The molecule has 1 aromatic heterocycles. The molecule has 7 heteroatoms. The molecule has 2 aliphatic rings. The van der Waals surface area contributed by atoms with Crippen LogP contribution in [0.3, 0.4) is 0 Å². The maximum Gasteiger partial charge on any atom is 0.320 e. The number of carbonyl (C=O) groups is 1. The zero-order valence-corrected chi connectivity index (χ0v) is 15.9. The lowest BCUT2D eigenvalue weighted by Crippen LogP contribution is -2.61. The van der Waals surface area contributed by atoms with Crippen molar-refractivity contribution in [2.45, 2.75) is 38.8 Å². The molecule has 6 nitrogen and oxygen atoms in total. The van der Waals surface area contributed by atoms with Crippen LogP contribution < -0.4 is 4.90 Å². The SMILES string of the molecule is CC1CN(c2ccc(-c3cn[nH]c3)cc2F)CC(C)N1C(=O)N1CCCC1. The van der Waals surface area contributed by atoms with Gasteiger partial charge in [0.15, 0.2) is 0 Å². The third-order valence-corrected chi connectivity index (χ3v) is 5.64. The van der Waals surface area contributed by atoms with Gasteiger partial charge in [-0.15, -0.1) is 0 Å². The molecule has 2 aliphatic heterocycles. The molecule has 2 fully saturated rings. The predicted octanol–water partition coefficient (Wildman–Crippen LogP) is 3.33. The molecule has 1 N–H and O–H groups in total. The summed E-state index contributed by atoms with van der Waals surface area (Å²) in [6, 6.07) is 5.50. The van der Waals surface area contributed by atoms with E-state index in [-0.39, 0.29) is 23.9 Å². The molecule has 2 unspecified atom stereocenters. The third kappa shape index (κ3) is 3.38. The van der Waals surface area contributed by atoms with Crippen LogP contribution in [0.4, 0.5) is 14.9 Å². The lowest BCUT2D eigenvalue weighted by molar-refractivity contribution is 0.113. The largest absolute Gasteiger partial charge is 0.365 e. The standard InChI is InChI=1S/C20H26FN5O/c1-14-12-25(13-15(2)26(14)20(27)24-7-3-4-8-24)19-6-5-16(9-18(19)21)17-10-22-23-11-17/h5-6,9-11,14-15H,3-4,7-8,12-13H2,1-2H3,(H,22,23). The Morgan fingerprint density at radius 3 is 2.44 bits per heavy atom. The van der Waals surface area contributed by atoms with Crippen LogP contribution in [0.1, 0.15) is 26.7 Å². The first-order valence-electron chi connectivity index (χ1n) is 9.65. The van der Waals surface area contributed by atoms with Crippen molar-refractivity contribution in [3.8, 4) is 11.1 Å². The van der Waals surface area contributed by atoms with Crippen molar-refractivity contribution in [2.75, 3.05) is 31.1 Å². The summed E-state index contributed by atoms with van der Waals surface area (Å²) in [4.78, 5) is 18.8. The van der Waals surface area contributed by atoms with Crippen molar-refractivity contribution in [1.29, 1.82) is 0 Å². The highest BCUT2D eigenvalue weighted by atomic mass is 19.1. The molecule has 2 aromatic rings. The number of likely N-dealkylation sites (tertiary alicyclic amines) is 1. The number of nitrogens with one attached hydrogen (secondary N) is 1. The fourth-order valence-corrected chi connectivity index (χ4v) is 4.32. The predicted molar refractivity (Wildman–Crippen MR) is 103 cm³/mol. The van der Waals surface area contributed by atoms with Crippen molar-refractivity contribution >= 4 is 11.7 Å². The number of hydrogen-bond acceptors (Lipinski definition) is 3. The summed E-state index contributed by atoms with van der Waals surface area (Å²) < 4.78 is 14.8. The van der Waals surface area contributed by atoms with Crippen LogP contribution in [0.15, 0.2) is 30.6 Å². The first kappa shape index (κ1) is 17.8. The molecule has 27 heavy (non-hydrogen) atoms. The molecule has 2 amide bonds. The number of urea groups is 1. The van der Waals surface area contributed by atoms with Crippen molar-refractivity contribution < 1.29 is 9.18 Å². The van der Waals surface area contributed by atoms with Gasteiger partial charge in [-0.25, -0.2) is 9.18 Å². The fourth-order valence-electron chi connectivity index (χ4n) is 4.32. The number of anilines is 1. The summed E-state index contributed by atoms with van der Waals surface area (Å²) >= 11 is 0. The number of hydrogen-bond donors (Lipinski definition) is 1. The van der Waals surface area contributed by atoms with E-state index in [1.165, 1.54) is 0 Å². The Morgan fingerprint density at radius 1 is 1.15 bits per heavy atom. The van der Waals surface area contributed by atoms with E-state index in [1.807, 2.05) is 35.8 Å². The van der Waals surface area contributed by atoms with E-state index in [1.54, 1.807) is 18.5 Å². The van der Waals surface area contributed by atoms with Crippen molar-refractivity contribution in [2.24, 2.45) is 0 Å². The number of benzene rings is 1. The highest BCUT2D eigenvalue weighted by Gasteiger charge is 2.36. The fraction of sp³-hybridized carbons (Fsp3) is 0.500. The maximum atomic E-state index is 14.8. The maximum absolute atomic E-state index is 14.8. The number of piperazine rings is 1. The van der Waals surface area contributed by atoms with Gasteiger partial charge in [-0.3, -0.25) is 5.10 Å². The van der Waals surface area contributed by atoms with Crippen LogP contribution in [-0.2, 0) is 0 Å². The monoisotopic (exact) mass is 371 g/mol. The zero-order valence-electron chi connectivity index (χ0n) is 15.9. The minimum Gasteiger partial charge on any atom is -0.365 e. The summed E-state index contributed by atoms with van der Waals surface area (Å²) in [6.07, 6.45) is 5.61. The lowest BCUT2D eigenvalue weighted by atomic mass is 10.1. The van der Waals surface area contributed by atoms with E-state index in [9.17, 15) is 9.18 Å². The van der Waals surface area contributed by atoms with E-state index in [0.29, 0.717) is 18.8 Å². The molecule has 2 saturated heterocycles. The Labute approximate surface area is 158 Å². The molecule has 0 spiro atoms. The third-order valence-electron chi connectivity index (χ3n) is 5.64. The van der Waals surface area contributed by atoms with Crippen LogP contribution in [0.5, 0.6) is 0 Å². The van der Waals surface area contributed by atoms with Crippen LogP contribution in [-0.4, -0.2) is 64.3 Å². The second-order valence-electron chi connectivity index (χ2n) is 7.64. The second kappa shape index (κ2) is 7.21. The Bertz CT molecular complexity index is 791. The van der Waals surface area contributed by atoms with Gasteiger partial charge >= 0.3 is 6.03 Å². The number of aromatic amines is 1. The average molecular weight is 371 g/mol. The van der Waals surface area contributed by atoms with Gasteiger partial charge in [0.25, 0.3) is 0 Å². The van der Waals surface area contributed by atoms with Gasteiger partial charge < -0.3 is 14.7 Å². The van der Waals surface area contributed by atoms with Gasteiger partial charge in [0, 0.05) is 50.0 Å². The number of nitrogens with zero attached hydrogens (tertiary/aromatic N) is 4. The highest BCUT2D eigenvalue weighted by Crippen LogP contribution is 2.29. The minimum atomic E-state index is -0.243. The number of H-pyrrole nitrogens is 1. The Hall–Kier alpha value is -2.57. The van der Waals surface area contributed by atoms with Crippen LogP contribution in [0.2, 0.25) is 0 Å². The highest BCUT2D eigenvalue weighted by molar-refractivity contribution is 5.76. The molecule has 0 aliphatic carbocycles. The first-order chi connectivity index (χ1) is 13.0. The summed E-state index contributed by atoms with van der Waals surface area (Å²) in [5.41, 5.74) is 2.26. The number of carbonyl (C=O) groups excluding carboxylic acids is 1. The summed E-state index contributed by atoms with van der Waals surface area (Å²) in [5.74, 6) is -0.243.